The first-order valence-corrected chi connectivity index (χ1v) is 3.90. The van der Waals surface area contributed by atoms with Gasteiger partial charge in [0.15, 0.2) is 0 Å². The second-order valence-electron chi connectivity index (χ2n) is 2.68. The number of hydrogen-bond donors (Lipinski definition) is 1. The fourth-order valence-corrected chi connectivity index (χ4v) is 0.834. The van der Waals surface area contributed by atoms with Crippen LogP contribution in [-0.2, 0) is 4.84 Å². The van der Waals surface area contributed by atoms with Gasteiger partial charge in [0.2, 0.25) is 0 Å². The van der Waals surface area contributed by atoms with Crippen LogP contribution in [0.5, 0.6) is 0 Å². The molecule has 1 aliphatic rings. The molecule has 0 aromatic carbocycles. The Labute approximate surface area is 66.5 Å². The molecule has 0 spiro atoms. The van der Waals surface area contributed by atoms with Crippen molar-refractivity contribution in [1.82, 2.24) is 10.4 Å². The first-order chi connectivity index (χ1) is 5.25. The number of carbonyl (C=O) groups excluding carboxylic acids is 1. The summed E-state index contributed by atoms with van der Waals surface area (Å²) in [6.45, 7) is 2.33. The number of amides is 2. The van der Waals surface area contributed by atoms with Crippen molar-refractivity contribution in [2.75, 3.05) is 13.7 Å². The molecule has 4 nitrogen and oxygen atoms in total. The summed E-state index contributed by atoms with van der Waals surface area (Å²) in [6, 6.07) is 0.296. The lowest BCUT2D eigenvalue weighted by molar-refractivity contribution is 0.0579. The maximum Gasteiger partial charge on any atom is 0.341 e. The van der Waals surface area contributed by atoms with Crippen LogP contribution >= 0.6 is 0 Å². The fourth-order valence-electron chi connectivity index (χ4n) is 0.834. The molecule has 4 heteroatoms. The minimum Gasteiger partial charge on any atom is -0.323 e. The van der Waals surface area contributed by atoms with Gasteiger partial charge in [-0.15, -0.1) is 0 Å². The second kappa shape index (κ2) is 3.57. The van der Waals surface area contributed by atoms with E-state index in [2.05, 4.69) is 5.48 Å². The van der Waals surface area contributed by atoms with Gasteiger partial charge in [0.1, 0.15) is 0 Å². The number of rotatable bonds is 3. The average molecular weight is 158 g/mol. The highest BCUT2D eigenvalue weighted by molar-refractivity contribution is 5.73. The van der Waals surface area contributed by atoms with E-state index < -0.39 is 0 Å². The smallest absolute Gasteiger partial charge is 0.323 e. The Morgan fingerprint density at radius 2 is 2.36 bits per heavy atom. The number of urea groups is 1. The normalized spacial score (nSPS) is 16.2. The molecule has 1 saturated carbocycles. The van der Waals surface area contributed by atoms with Crippen LogP contribution in [0.1, 0.15) is 19.8 Å². The maximum atomic E-state index is 11.1. The van der Waals surface area contributed by atoms with Crippen molar-refractivity contribution >= 4 is 6.03 Å². The van der Waals surface area contributed by atoms with E-state index in [9.17, 15) is 4.79 Å². The summed E-state index contributed by atoms with van der Waals surface area (Å²) in [4.78, 5) is 17.5. The quantitative estimate of drug-likeness (QED) is 0.615. The highest BCUT2D eigenvalue weighted by atomic mass is 16.7. The van der Waals surface area contributed by atoms with E-state index in [1.165, 1.54) is 0 Å². The topological polar surface area (TPSA) is 41.6 Å². The molecule has 0 atom stereocenters. The van der Waals surface area contributed by atoms with Crippen molar-refractivity contribution < 1.29 is 9.63 Å². The van der Waals surface area contributed by atoms with E-state index in [0.717, 1.165) is 12.8 Å². The molecule has 0 aliphatic heterocycles. The Hall–Kier alpha value is -0.770. The molecule has 64 valence electrons. The largest absolute Gasteiger partial charge is 0.341 e. The second-order valence-corrected chi connectivity index (χ2v) is 2.68. The van der Waals surface area contributed by atoms with E-state index in [1.807, 2.05) is 6.92 Å². The molecule has 1 N–H and O–H groups in total. The Morgan fingerprint density at radius 3 is 2.82 bits per heavy atom. The number of nitrogens with one attached hydrogen (secondary N) is 1. The third kappa shape index (κ3) is 2.38. The average Bonchev–Trinajstić information content (AvgIpc) is 2.81. The van der Waals surface area contributed by atoms with Gasteiger partial charge in [0, 0.05) is 13.1 Å². The van der Waals surface area contributed by atoms with Gasteiger partial charge in [-0.2, -0.15) is 0 Å². The highest BCUT2D eigenvalue weighted by Crippen LogP contribution is 2.24. The molecular weight excluding hydrogens is 144 g/mol. The zero-order valence-electron chi connectivity index (χ0n) is 6.96. The van der Waals surface area contributed by atoms with Crippen molar-refractivity contribution in [3.8, 4) is 0 Å². The Morgan fingerprint density at radius 1 is 1.73 bits per heavy atom. The predicted octanol–water partition coefficient (Wildman–Crippen LogP) is 0.742. The van der Waals surface area contributed by atoms with Crippen molar-refractivity contribution in [1.29, 1.82) is 0 Å². The van der Waals surface area contributed by atoms with Gasteiger partial charge in [0.25, 0.3) is 0 Å². The fraction of sp³-hybridized carbons (Fsp3) is 0.857. The van der Waals surface area contributed by atoms with Crippen LogP contribution in [-0.4, -0.2) is 30.6 Å². The van der Waals surface area contributed by atoms with Crippen LogP contribution in [0.15, 0.2) is 0 Å². The summed E-state index contributed by atoms with van der Waals surface area (Å²) < 4.78 is 0. The first-order valence-electron chi connectivity index (χ1n) is 3.90. The zero-order chi connectivity index (χ0) is 8.27. The van der Waals surface area contributed by atoms with Gasteiger partial charge in [-0.05, 0) is 19.8 Å². The van der Waals surface area contributed by atoms with Crippen molar-refractivity contribution in [3.63, 3.8) is 0 Å². The van der Waals surface area contributed by atoms with E-state index in [-0.39, 0.29) is 6.03 Å². The van der Waals surface area contributed by atoms with Gasteiger partial charge in [-0.1, -0.05) is 0 Å². The Balaban J connectivity index is 2.16. The van der Waals surface area contributed by atoms with Crippen LogP contribution in [0.25, 0.3) is 0 Å². The molecule has 1 fully saturated rings. The molecule has 0 aromatic rings. The first kappa shape index (κ1) is 8.33. The molecule has 0 aromatic heterocycles. The molecule has 0 unspecified atom stereocenters. The maximum absolute atomic E-state index is 11.1. The lowest BCUT2D eigenvalue weighted by atomic mass is 10.6. The van der Waals surface area contributed by atoms with E-state index in [0.29, 0.717) is 12.6 Å². The van der Waals surface area contributed by atoms with Gasteiger partial charge >= 0.3 is 6.03 Å². The molecule has 2 amide bonds. The highest BCUT2D eigenvalue weighted by Gasteiger charge is 2.29. The summed E-state index contributed by atoms with van der Waals surface area (Å²) in [6.07, 6.45) is 2.24. The minimum atomic E-state index is -0.144. The summed E-state index contributed by atoms with van der Waals surface area (Å²) in [5.74, 6) is 0. The van der Waals surface area contributed by atoms with Gasteiger partial charge in [-0.25, -0.2) is 10.3 Å². The molecular formula is C7H14N2O2. The monoisotopic (exact) mass is 158 g/mol. The number of nitrogens with zero attached hydrogens (tertiary/aromatic N) is 1. The number of hydrogen-bond acceptors (Lipinski definition) is 2. The van der Waals surface area contributed by atoms with Crippen molar-refractivity contribution in [2.45, 2.75) is 25.8 Å². The molecule has 0 radical (unpaired) electrons. The number of hydroxylamine groups is 1. The lowest BCUT2D eigenvalue weighted by Crippen LogP contribution is -2.38. The van der Waals surface area contributed by atoms with Crippen LogP contribution in [0.4, 0.5) is 4.79 Å². The third-order valence-corrected chi connectivity index (χ3v) is 1.72. The molecule has 1 aliphatic carbocycles. The van der Waals surface area contributed by atoms with Crippen LogP contribution in [0.2, 0.25) is 0 Å². The summed E-state index contributed by atoms with van der Waals surface area (Å²) >= 11 is 0. The SMILES string of the molecule is CCONC(=O)N(C)C1CC1. The van der Waals surface area contributed by atoms with Crippen LogP contribution in [0, 0.1) is 0 Å². The predicted molar refractivity (Wildman–Crippen MR) is 40.9 cm³/mol. The lowest BCUT2D eigenvalue weighted by Gasteiger charge is -2.15. The van der Waals surface area contributed by atoms with Gasteiger partial charge < -0.3 is 4.90 Å². The summed E-state index contributed by atoms with van der Waals surface area (Å²) in [7, 11) is 1.78. The van der Waals surface area contributed by atoms with Crippen LogP contribution < -0.4 is 5.48 Å². The van der Waals surface area contributed by atoms with Crippen molar-refractivity contribution in [3.05, 3.63) is 0 Å². The van der Waals surface area contributed by atoms with E-state index >= 15 is 0 Å². The third-order valence-electron chi connectivity index (χ3n) is 1.72. The number of carbonyl (C=O) groups is 1. The van der Waals surface area contributed by atoms with Gasteiger partial charge in [0.05, 0.1) is 6.61 Å². The molecule has 11 heavy (non-hydrogen) atoms. The minimum absolute atomic E-state index is 0.144. The summed E-state index contributed by atoms with van der Waals surface area (Å²) in [5.41, 5.74) is 2.34. The molecule has 1 rings (SSSR count). The summed E-state index contributed by atoms with van der Waals surface area (Å²) in [5, 5.41) is 0. The Kier molecular flexibility index (Phi) is 2.70. The van der Waals surface area contributed by atoms with Crippen molar-refractivity contribution in [2.24, 2.45) is 0 Å². The molecule has 0 heterocycles. The molecule has 0 bridgehead atoms. The Bertz CT molecular complexity index is 145. The zero-order valence-corrected chi connectivity index (χ0v) is 6.96. The van der Waals surface area contributed by atoms with E-state index in [1.54, 1.807) is 11.9 Å². The van der Waals surface area contributed by atoms with Gasteiger partial charge in [-0.3, -0.25) is 4.84 Å². The standard InChI is InChI=1S/C7H14N2O2/c1-3-11-8-7(10)9(2)6-4-5-6/h6H,3-5H2,1-2H3,(H,8,10). The molecule has 0 saturated heterocycles. The van der Waals surface area contributed by atoms with Crippen LogP contribution in [0.3, 0.4) is 0 Å². The van der Waals surface area contributed by atoms with E-state index in [4.69, 9.17) is 4.84 Å².